The van der Waals surface area contributed by atoms with Crippen LogP contribution in [0.1, 0.15) is 25.7 Å². The van der Waals surface area contributed by atoms with Gasteiger partial charge in [-0.1, -0.05) is 12.8 Å². The maximum absolute atomic E-state index is 6.08. The maximum atomic E-state index is 6.08. The van der Waals surface area contributed by atoms with E-state index in [1.807, 2.05) is 0 Å². The molecule has 5 saturated carbocycles. The Morgan fingerprint density at radius 2 is 1.40 bits per heavy atom. The minimum atomic E-state index is -0.0605. The lowest BCUT2D eigenvalue weighted by atomic mass is 9.87. The fraction of sp³-hybridized carbons (Fsp3) is 1.00. The van der Waals surface area contributed by atoms with Crippen LogP contribution in [0.3, 0.4) is 0 Å². The Hall–Kier alpha value is -0.0800. The molecule has 1 spiro atoms. The third-order valence-corrected chi connectivity index (χ3v) is 6.04. The van der Waals surface area contributed by atoms with E-state index in [9.17, 15) is 0 Å². The molecule has 0 N–H and O–H groups in total. The van der Waals surface area contributed by atoms with Crippen LogP contribution in [0.15, 0.2) is 0 Å². The van der Waals surface area contributed by atoms with Crippen LogP contribution in [0.4, 0.5) is 0 Å². The van der Waals surface area contributed by atoms with Gasteiger partial charge in [0.25, 0.3) is 0 Å². The van der Waals surface area contributed by atoms with Crippen LogP contribution >= 0.6 is 0 Å². The largest absolute Gasteiger partial charge is 0.347 e. The molecule has 1 aliphatic heterocycles. The standard InChI is InChI=1S/C13H18O2/c1-2-4-8-10-9-7(3-1)11(8)13(12(9)10)14-5-6-15-13/h7-12H,1-6H2/t7-,8+,9-,10+,11?,12?. The minimum absolute atomic E-state index is 0.0605. The molecule has 1 heterocycles. The number of hydrogen-bond acceptors (Lipinski definition) is 2. The second kappa shape index (κ2) is 2.28. The smallest absolute Gasteiger partial charge is 0.175 e. The summed E-state index contributed by atoms with van der Waals surface area (Å²) in [5, 5.41) is 0. The zero-order valence-corrected chi connectivity index (χ0v) is 9.02. The van der Waals surface area contributed by atoms with Gasteiger partial charge in [0.1, 0.15) is 0 Å². The molecule has 6 aliphatic rings. The first-order valence-corrected chi connectivity index (χ1v) is 6.71. The van der Waals surface area contributed by atoms with Crippen LogP contribution in [0.25, 0.3) is 0 Å². The molecule has 2 unspecified atom stereocenters. The quantitative estimate of drug-likeness (QED) is 0.604. The molecule has 82 valence electrons. The lowest BCUT2D eigenvalue weighted by Crippen LogP contribution is -2.38. The van der Waals surface area contributed by atoms with Crippen molar-refractivity contribution in [1.82, 2.24) is 0 Å². The van der Waals surface area contributed by atoms with Crippen molar-refractivity contribution in [2.75, 3.05) is 13.2 Å². The van der Waals surface area contributed by atoms with E-state index in [-0.39, 0.29) is 5.79 Å². The van der Waals surface area contributed by atoms with Gasteiger partial charge in [-0.25, -0.2) is 0 Å². The summed E-state index contributed by atoms with van der Waals surface area (Å²) >= 11 is 0. The van der Waals surface area contributed by atoms with Crippen molar-refractivity contribution < 1.29 is 9.47 Å². The lowest BCUT2D eigenvalue weighted by Gasteiger charge is -2.30. The van der Waals surface area contributed by atoms with Gasteiger partial charge in [0, 0.05) is 11.8 Å². The zero-order valence-electron chi connectivity index (χ0n) is 9.02. The van der Waals surface area contributed by atoms with Gasteiger partial charge in [0.15, 0.2) is 5.79 Å². The number of hydrogen-bond donors (Lipinski definition) is 0. The Balaban J connectivity index is 1.64. The molecular formula is C13H18O2. The van der Waals surface area contributed by atoms with Gasteiger partial charge >= 0.3 is 0 Å². The molecule has 2 heteroatoms. The summed E-state index contributed by atoms with van der Waals surface area (Å²) in [7, 11) is 0. The lowest BCUT2D eigenvalue weighted by molar-refractivity contribution is -0.192. The molecule has 6 bridgehead atoms. The SMILES string of the molecule is C1CC[C@H]2C3[C@@H](C1)[C@@H]1C([C@@H]12)C31OCCO1. The van der Waals surface area contributed by atoms with Crippen LogP contribution in [-0.2, 0) is 9.47 Å². The Bertz CT molecular complexity index is 296. The normalized spacial score (nSPS) is 62.4. The summed E-state index contributed by atoms with van der Waals surface area (Å²) < 4.78 is 12.2. The monoisotopic (exact) mass is 206 g/mol. The van der Waals surface area contributed by atoms with Crippen molar-refractivity contribution in [3.05, 3.63) is 0 Å². The van der Waals surface area contributed by atoms with Crippen molar-refractivity contribution in [3.8, 4) is 0 Å². The molecule has 0 amide bonds. The fourth-order valence-corrected chi connectivity index (χ4v) is 5.95. The van der Waals surface area contributed by atoms with E-state index in [0.29, 0.717) is 0 Å². The fourth-order valence-electron chi connectivity index (χ4n) is 5.95. The molecule has 2 nitrogen and oxygen atoms in total. The molecule has 6 fully saturated rings. The summed E-state index contributed by atoms with van der Waals surface area (Å²) in [5.74, 6) is 5.53. The van der Waals surface area contributed by atoms with Gasteiger partial charge in [-0.2, -0.15) is 0 Å². The van der Waals surface area contributed by atoms with E-state index in [1.165, 1.54) is 25.7 Å². The average Bonchev–Trinajstić information content (AvgIpc) is 2.50. The van der Waals surface area contributed by atoms with E-state index in [1.54, 1.807) is 0 Å². The molecule has 5 aliphatic carbocycles. The van der Waals surface area contributed by atoms with Crippen molar-refractivity contribution in [3.63, 3.8) is 0 Å². The van der Waals surface area contributed by atoms with Gasteiger partial charge < -0.3 is 9.47 Å². The van der Waals surface area contributed by atoms with Gasteiger partial charge in [0.2, 0.25) is 0 Å². The first kappa shape index (κ1) is 8.08. The third-order valence-electron chi connectivity index (χ3n) is 6.04. The molecule has 0 aromatic heterocycles. The van der Waals surface area contributed by atoms with Gasteiger partial charge in [-0.05, 0) is 36.5 Å². The summed E-state index contributed by atoms with van der Waals surface area (Å²) in [6.45, 7) is 1.71. The molecule has 0 aromatic rings. The molecule has 15 heavy (non-hydrogen) atoms. The highest BCUT2D eigenvalue weighted by molar-refractivity contribution is 5.29. The van der Waals surface area contributed by atoms with Crippen LogP contribution in [0.5, 0.6) is 0 Å². The van der Waals surface area contributed by atoms with Crippen LogP contribution in [0, 0.1) is 35.5 Å². The second-order valence-electron chi connectivity index (χ2n) is 6.24. The first-order valence-electron chi connectivity index (χ1n) is 6.71. The van der Waals surface area contributed by atoms with Crippen LogP contribution in [0.2, 0.25) is 0 Å². The number of rotatable bonds is 0. The van der Waals surface area contributed by atoms with E-state index in [4.69, 9.17) is 9.47 Å². The predicted molar refractivity (Wildman–Crippen MR) is 54.0 cm³/mol. The average molecular weight is 206 g/mol. The summed E-state index contributed by atoms with van der Waals surface area (Å²) in [6, 6.07) is 0. The molecule has 6 atom stereocenters. The van der Waals surface area contributed by atoms with Crippen molar-refractivity contribution in [2.45, 2.75) is 31.5 Å². The highest BCUT2D eigenvalue weighted by atomic mass is 16.7. The van der Waals surface area contributed by atoms with Crippen molar-refractivity contribution >= 4 is 0 Å². The molecule has 1 saturated heterocycles. The Morgan fingerprint density at radius 1 is 0.800 bits per heavy atom. The second-order valence-corrected chi connectivity index (χ2v) is 6.24. The molecule has 0 aromatic carbocycles. The molecule has 0 radical (unpaired) electrons. The predicted octanol–water partition coefficient (Wildman–Crippen LogP) is 2.04. The topological polar surface area (TPSA) is 18.5 Å². The molecule has 6 rings (SSSR count). The van der Waals surface area contributed by atoms with E-state index in [2.05, 4.69) is 0 Å². The minimum Gasteiger partial charge on any atom is -0.347 e. The summed E-state index contributed by atoms with van der Waals surface area (Å²) in [5.41, 5.74) is 0. The van der Waals surface area contributed by atoms with Crippen molar-refractivity contribution in [2.24, 2.45) is 35.5 Å². The Labute approximate surface area is 90.3 Å². The summed E-state index contributed by atoms with van der Waals surface area (Å²) in [6.07, 6.45) is 5.86. The summed E-state index contributed by atoms with van der Waals surface area (Å²) in [4.78, 5) is 0. The molecular weight excluding hydrogens is 188 g/mol. The van der Waals surface area contributed by atoms with E-state index in [0.717, 1.165) is 48.7 Å². The van der Waals surface area contributed by atoms with E-state index < -0.39 is 0 Å². The number of ether oxygens (including phenoxy) is 2. The zero-order chi connectivity index (χ0) is 9.62. The van der Waals surface area contributed by atoms with Crippen LogP contribution in [-0.4, -0.2) is 19.0 Å². The van der Waals surface area contributed by atoms with E-state index >= 15 is 0 Å². The Morgan fingerprint density at radius 3 is 2.00 bits per heavy atom. The first-order chi connectivity index (χ1) is 7.43. The van der Waals surface area contributed by atoms with Gasteiger partial charge in [-0.3, -0.25) is 0 Å². The maximum Gasteiger partial charge on any atom is 0.175 e. The highest BCUT2D eigenvalue weighted by Crippen LogP contribution is 2.83. The van der Waals surface area contributed by atoms with Crippen molar-refractivity contribution in [1.29, 1.82) is 0 Å². The van der Waals surface area contributed by atoms with Gasteiger partial charge in [0.05, 0.1) is 13.2 Å². The van der Waals surface area contributed by atoms with Gasteiger partial charge in [-0.15, -0.1) is 0 Å². The third kappa shape index (κ3) is 0.680. The Kier molecular flexibility index (Phi) is 1.23. The van der Waals surface area contributed by atoms with Crippen LogP contribution < -0.4 is 0 Å². The highest BCUT2D eigenvalue weighted by Gasteiger charge is 2.85.